The van der Waals surface area contributed by atoms with Gasteiger partial charge in [0.05, 0.1) is 17.4 Å². The summed E-state index contributed by atoms with van der Waals surface area (Å²) < 4.78 is 0. The summed E-state index contributed by atoms with van der Waals surface area (Å²) in [4.78, 5) is 107. The van der Waals surface area contributed by atoms with Gasteiger partial charge in [-0.2, -0.15) is 0 Å². The number of carboxylic acid groups (broad SMARTS) is 4. The first-order valence-electron chi connectivity index (χ1n) is 19.6. The van der Waals surface area contributed by atoms with Gasteiger partial charge >= 0.3 is 23.9 Å². The van der Waals surface area contributed by atoms with Crippen molar-refractivity contribution in [1.82, 2.24) is 30.4 Å². The van der Waals surface area contributed by atoms with E-state index in [1.165, 1.54) is 12.1 Å². The van der Waals surface area contributed by atoms with Crippen LogP contribution in [-0.2, 0) is 35.3 Å². The van der Waals surface area contributed by atoms with E-state index in [0.29, 0.717) is 42.5 Å². The van der Waals surface area contributed by atoms with Crippen molar-refractivity contribution in [1.29, 1.82) is 0 Å². The van der Waals surface area contributed by atoms with Gasteiger partial charge in [0.25, 0.3) is 11.5 Å². The molecule has 0 spiro atoms. The van der Waals surface area contributed by atoms with Gasteiger partial charge in [0.15, 0.2) is 0 Å². The monoisotopic (exact) mass is 836 g/mol. The molecule has 2 amide bonds. The maximum Gasteiger partial charge on any atom is 0.326 e. The smallest absolute Gasteiger partial charge is 0.326 e. The van der Waals surface area contributed by atoms with Crippen LogP contribution >= 0.6 is 0 Å². The number of nitrogen functional groups attached to an aromatic ring is 1. The highest BCUT2D eigenvalue weighted by molar-refractivity contribution is 5.97. The van der Waals surface area contributed by atoms with Gasteiger partial charge in [0.2, 0.25) is 11.9 Å². The lowest BCUT2D eigenvalue weighted by molar-refractivity contribution is -0.144. The third-order valence-corrected chi connectivity index (χ3v) is 10.3. The number of Topliss-reactive ketones (excluding diaryl/α,β-unsaturated/α-hetero) is 1. The van der Waals surface area contributed by atoms with Crippen LogP contribution in [0, 0.1) is 5.92 Å². The minimum atomic E-state index is -1.35. The number of ketones is 1. The number of nitrogens with zero attached hydrogens (tertiary/aromatic N) is 3. The fourth-order valence-corrected chi connectivity index (χ4v) is 6.98. The fraction of sp³-hybridized carbons (Fsp3) is 0.475. The second kappa shape index (κ2) is 22.7. The molecule has 2 unspecified atom stereocenters. The molecule has 1 aromatic heterocycles. The topological polar surface area (TPSA) is 315 Å². The zero-order valence-electron chi connectivity index (χ0n) is 33.1. The Morgan fingerprint density at radius 2 is 1.58 bits per heavy atom. The third-order valence-electron chi connectivity index (χ3n) is 10.3. The Hall–Kier alpha value is -6.41. The van der Waals surface area contributed by atoms with E-state index >= 15 is 0 Å². The molecule has 20 nitrogen and oxygen atoms in total. The molecule has 0 aliphatic carbocycles. The van der Waals surface area contributed by atoms with E-state index in [1.807, 2.05) is 0 Å². The van der Waals surface area contributed by atoms with Crippen molar-refractivity contribution in [2.75, 3.05) is 50.3 Å². The standard InChI is InChI=1S/C40H52N8O12/c41-40-45-30-9-3-25(20-29(30)37(56)46-40)22-43-27-6-4-26(5-7-27)36(55)44-31(38(57)58)10-12-33(50)42-15-1-2-28(49)8-11-32(39(59)60)48-17-14-24(21-34(51)52)13-16-47(18-19-48)23-35(53)54/h3-7,9,20,24,31-32,43H,1-2,8,10-19,21-23H2,(H,42,50)(H,44,55)(H,51,52)(H,53,54)(H,57,58)(H,59,60)(H3,41,45,46,56)/t24?,31-,32?/m0/s1. The lowest BCUT2D eigenvalue weighted by atomic mass is 9.96. The van der Waals surface area contributed by atoms with Gasteiger partial charge < -0.3 is 42.1 Å². The quantitative estimate of drug-likeness (QED) is 0.0645. The number of hydrogen-bond acceptors (Lipinski definition) is 13. The normalized spacial score (nSPS) is 16.0. The number of nitrogens with two attached hydrogens (primary N) is 1. The average Bonchev–Trinajstić information content (AvgIpc) is 3.27. The molecule has 4 rings (SSSR count). The van der Waals surface area contributed by atoms with Crippen molar-refractivity contribution >= 4 is 64.0 Å². The minimum Gasteiger partial charge on any atom is -0.481 e. The number of carbonyl (C=O) groups excluding carboxylic acids is 3. The number of fused-ring (bicyclic) bond motifs is 1. The van der Waals surface area contributed by atoms with E-state index in [1.54, 1.807) is 40.1 Å². The largest absolute Gasteiger partial charge is 0.481 e. The molecule has 10 N–H and O–H groups in total. The van der Waals surface area contributed by atoms with Crippen LogP contribution in [0.15, 0.2) is 47.3 Å². The Bertz CT molecular complexity index is 2050. The predicted molar refractivity (Wildman–Crippen MR) is 217 cm³/mol. The second-order valence-corrected chi connectivity index (χ2v) is 14.8. The molecule has 1 aliphatic rings. The molecule has 20 heteroatoms. The Labute approximate surface area is 344 Å². The van der Waals surface area contributed by atoms with Gasteiger partial charge in [0.1, 0.15) is 17.9 Å². The molecular formula is C40H52N8O12. The first kappa shape index (κ1) is 46.3. The molecule has 2 aromatic carbocycles. The molecule has 60 heavy (non-hydrogen) atoms. The molecule has 3 aromatic rings. The fourth-order valence-electron chi connectivity index (χ4n) is 6.98. The molecule has 0 bridgehead atoms. The maximum absolute atomic E-state index is 12.9. The number of carboxylic acids is 4. The lowest BCUT2D eigenvalue weighted by Gasteiger charge is -2.30. The lowest BCUT2D eigenvalue weighted by Crippen LogP contribution is -2.46. The average molecular weight is 837 g/mol. The summed E-state index contributed by atoms with van der Waals surface area (Å²) in [6, 6.07) is 9.09. The summed E-state index contributed by atoms with van der Waals surface area (Å²) in [7, 11) is 0. The maximum atomic E-state index is 12.9. The SMILES string of the molecule is Nc1nc2ccc(CNc3ccc(C(=O)N[C@@H](CCC(=O)NCCCC(=O)CCC(C(=O)O)N4CCC(CC(=O)O)CCN(CC(=O)O)CC4)C(=O)O)cc3)cc2c(=O)[nH]1. The summed E-state index contributed by atoms with van der Waals surface area (Å²) in [6.07, 6.45) is 0.596. The summed E-state index contributed by atoms with van der Waals surface area (Å²) >= 11 is 0. The van der Waals surface area contributed by atoms with Crippen molar-refractivity contribution in [2.45, 2.75) is 76.4 Å². The number of nitrogens with one attached hydrogen (secondary N) is 4. The zero-order chi connectivity index (χ0) is 43.8. The number of rotatable bonds is 22. The summed E-state index contributed by atoms with van der Waals surface area (Å²) in [5, 5.41) is 47.0. The van der Waals surface area contributed by atoms with Gasteiger partial charge in [-0.25, -0.2) is 9.78 Å². The van der Waals surface area contributed by atoms with Gasteiger partial charge in [-0.05, 0) is 93.1 Å². The van der Waals surface area contributed by atoms with Crippen LogP contribution < -0.4 is 27.2 Å². The Balaban J connectivity index is 1.17. The van der Waals surface area contributed by atoms with Crippen molar-refractivity contribution in [2.24, 2.45) is 5.92 Å². The molecule has 3 atom stereocenters. The van der Waals surface area contributed by atoms with Crippen LogP contribution in [0.2, 0.25) is 0 Å². The van der Waals surface area contributed by atoms with Crippen molar-refractivity contribution in [3.8, 4) is 0 Å². The van der Waals surface area contributed by atoms with Crippen LogP contribution in [0.3, 0.4) is 0 Å². The number of H-pyrrole nitrogens is 1. The second-order valence-electron chi connectivity index (χ2n) is 14.8. The van der Waals surface area contributed by atoms with Gasteiger partial charge in [-0.15, -0.1) is 0 Å². The number of carbonyl (C=O) groups is 7. The van der Waals surface area contributed by atoms with Crippen LogP contribution in [-0.4, -0.2) is 133 Å². The minimum absolute atomic E-state index is 0.00232. The van der Waals surface area contributed by atoms with Gasteiger partial charge in [-0.1, -0.05) is 6.07 Å². The first-order valence-corrected chi connectivity index (χ1v) is 19.6. The van der Waals surface area contributed by atoms with Crippen molar-refractivity contribution in [3.63, 3.8) is 0 Å². The van der Waals surface area contributed by atoms with E-state index in [2.05, 4.69) is 25.9 Å². The molecular weight excluding hydrogens is 784 g/mol. The highest BCUT2D eigenvalue weighted by Crippen LogP contribution is 2.21. The van der Waals surface area contributed by atoms with Gasteiger partial charge in [0, 0.05) is 63.1 Å². The van der Waals surface area contributed by atoms with Gasteiger partial charge in [-0.3, -0.25) is 48.3 Å². The zero-order valence-corrected chi connectivity index (χ0v) is 33.1. The molecule has 0 radical (unpaired) electrons. The van der Waals surface area contributed by atoms with E-state index < -0.39 is 47.8 Å². The molecule has 1 aliphatic heterocycles. The summed E-state index contributed by atoms with van der Waals surface area (Å²) in [5.41, 5.74) is 7.36. The summed E-state index contributed by atoms with van der Waals surface area (Å²) in [6.45, 7) is 1.36. The number of aromatic nitrogens is 2. The van der Waals surface area contributed by atoms with E-state index in [4.69, 9.17) is 5.73 Å². The van der Waals surface area contributed by atoms with E-state index in [-0.39, 0.29) is 106 Å². The molecule has 324 valence electrons. The van der Waals surface area contributed by atoms with E-state index in [9.17, 15) is 58.8 Å². The Morgan fingerprint density at radius 3 is 2.27 bits per heavy atom. The van der Waals surface area contributed by atoms with Crippen LogP contribution in [0.5, 0.6) is 0 Å². The molecule has 1 fully saturated rings. The molecule has 2 heterocycles. The van der Waals surface area contributed by atoms with E-state index in [0.717, 1.165) is 5.56 Å². The number of benzene rings is 2. The third kappa shape index (κ3) is 15.1. The Kier molecular flexibility index (Phi) is 17.5. The summed E-state index contributed by atoms with van der Waals surface area (Å²) in [5.74, 6) is -6.10. The predicted octanol–water partition coefficient (Wildman–Crippen LogP) is 1.35. The van der Waals surface area contributed by atoms with Crippen LogP contribution in [0.4, 0.5) is 11.6 Å². The number of anilines is 2. The highest BCUT2D eigenvalue weighted by atomic mass is 16.4. The Morgan fingerprint density at radius 1 is 0.850 bits per heavy atom. The number of aromatic amines is 1. The van der Waals surface area contributed by atoms with Crippen molar-refractivity contribution < 1.29 is 54.0 Å². The van der Waals surface area contributed by atoms with Crippen LogP contribution in [0.25, 0.3) is 10.9 Å². The number of aliphatic carboxylic acids is 4. The van der Waals surface area contributed by atoms with Crippen LogP contribution in [0.1, 0.15) is 73.7 Å². The highest BCUT2D eigenvalue weighted by Gasteiger charge is 2.29. The number of hydrogen-bond donors (Lipinski definition) is 9. The number of amides is 2. The molecule has 0 saturated carbocycles. The van der Waals surface area contributed by atoms with Crippen molar-refractivity contribution in [3.05, 3.63) is 63.9 Å². The first-order chi connectivity index (χ1) is 28.6. The molecule has 1 saturated heterocycles.